The maximum atomic E-state index is 13.4. The first-order valence-corrected chi connectivity index (χ1v) is 9.65. The number of phenolic OH excluding ortho intramolecular Hbond substituents is 1. The summed E-state index contributed by atoms with van der Waals surface area (Å²) >= 11 is 0. The van der Waals surface area contributed by atoms with Gasteiger partial charge in [0.1, 0.15) is 11.7 Å². The lowest BCUT2D eigenvalue weighted by Crippen LogP contribution is -2.48. The standard InChI is InChI=1S/C22H25NO6/c1-5-29-22(27)17-12(3)23-15-10-11(2)16(21(26)28-4)20(25)19(15)18(17)13-6-8-14(24)9-7-13/h6-9,11,16,18-19,24H,5,10H2,1-4H3/t11-,16+,18+,19+/m1/s1. The quantitative estimate of drug-likeness (QED) is 0.617. The molecule has 0 unspecified atom stereocenters. The van der Waals surface area contributed by atoms with Gasteiger partial charge in [0.2, 0.25) is 0 Å². The van der Waals surface area contributed by atoms with Crippen LogP contribution in [-0.2, 0) is 23.9 Å². The number of carbonyl (C=O) groups excluding carboxylic acids is 3. The van der Waals surface area contributed by atoms with Crippen LogP contribution in [0.3, 0.4) is 0 Å². The van der Waals surface area contributed by atoms with Gasteiger partial charge in [-0.25, -0.2) is 4.79 Å². The number of nitrogens with zero attached hydrogens (tertiary/aromatic N) is 1. The molecule has 1 fully saturated rings. The predicted molar refractivity (Wildman–Crippen MR) is 105 cm³/mol. The minimum absolute atomic E-state index is 0.0767. The average Bonchev–Trinajstić information content (AvgIpc) is 2.67. The lowest BCUT2D eigenvalue weighted by Gasteiger charge is -2.40. The van der Waals surface area contributed by atoms with Gasteiger partial charge in [-0.1, -0.05) is 19.1 Å². The minimum atomic E-state index is -0.912. The van der Waals surface area contributed by atoms with Crippen molar-refractivity contribution in [2.45, 2.75) is 33.1 Å². The van der Waals surface area contributed by atoms with Crippen molar-refractivity contribution in [3.63, 3.8) is 0 Å². The number of rotatable bonds is 4. The Balaban J connectivity index is 2.17. The Kier molecular flexibility index (Phi) is 5.86. The zero-order valence-electron chi connectivity index (χ0n) is 17.0. The molecule has 0 aromatic heterocycles. The Bertz CT molecular complexity index is 898. The number of esters is 2. The fraction of sp³-hybridized carbons (Fsp3) is 0.455. The van der Waals surface area contributed by atoms with Gasteiger partial charge in [0.05, 0.1) is 25.2 Å². The van der Waals surface area contributed by atoms with Crippen LogP contribution in [0.4, 0.5) is 0 Å². The van der Waals surface area contributed by atoms with Gasteiger partial charge in [0, 0.05) is 17.3 Å². The highest BCUT2D eigenvalue weighted by Crippen LogP contribution is 2.46. The van der Waals surface area contributed by atoms with Crippen LogP contribution in [0.5, 0.6) is 5.75 Å². The number of ether oxygens (including phenoxy) is 2. The largest absolute Gasteiger partial charge is 0.508 e. The van der Waals surface area contributed by atoms with Crippen LogP contribution in [0.1, 0.15) is 38.7 Å². The van der Waals surface area contributed by atoms with Crippen molar-refractivity contribution in [1.29, 1.82) is 0 Å². The third-order valence-electron chi connectivity index (χ3n) is 5.62. The summed E-state index contributed by atoms with van der Waals surface area (Å²) in [5.74, 6) is -3.90. The molecule has 2 aliphatic rings. The van der Waals surface area contributed by atoms with Crippen molar-refractivity contribution >= 4 is 23.4 Å². The van der Waals surface area contributed by atoms with Crippen molar-refractivity contribution in [1.82, 2.24) is 0 Å². The Morgan fingerprint density at radius 3 is 2.45 bits per heavy atom. The van der Waals surface area contributed by atoms with Gasteiger partial charge < -0.3 is 14.6 Å². The van der Waals surface area contributed by atoms with Gasteiger partial charge >= 0.3 is 11.9 Å². The number of fused-ring (bicyclic) bond motifs is 1. The molecule has 7 heteroatoms. The first-order chi connectivity index (χ1) is 13.8. The predicted octanol–water partition coefficient (Wildman–Crippen LogP) is 2.78. The molecule has 1 aromatic rings. The lowest BCUT2D eigenvalue weighted by atomic mass is 9.64. The van der Waals surface area contributed by atoms with Crippen LogP contribution in [0, 0.1) is 17.8 Å². The number of carbonyl (C=O) groups is 3. The number of hydrogen-bond acceptors (Lipinski definition) is 7. The molecule has 1 N–H and O–H groups in total. The van der Waals surface area contributed by atoms with Gasteiger partial charge in [-0.2, -0.15) is 0 Å². The fourth-order valence-corrected chi connectivity index (χ4v) is 4.35. The van der Waals surface area contributed by atoms with Crippen molar-refractivity contribution in [2.75, 3.05) is 13.7 Å². The molecule has 1 heterocycles. The lowest BCUT2D eigenvalue weighted by molar-refractivity contribution is -0.152. The molecular weight excluding hydrogens is 374 g/mol. The van der Waals surface area contributed by atoms with E-state index in [-0.39, 0.29) is 24.1 Å². The van der Waals surface area contributed by atoms with E-state index in [1.54, 1.807) is 26.0 Å². The Labute approximate surface area is 169 Å². The van der Waals surface area contributed by atoms with Crippen LogP contribution in [0.25, 0.3) is 0 Å². The minimum Gasteiger partial charge on any atom is -0.508 e. The zero-order valence-corrected chi connectivity index (χ0v) is 17.0. The molecule has 1 aliphatic carbocycles. The number of aliphatic imine (C=N–C) groups is 1. The normalized spacial score (nSPS) is 26.5. The van der Waals surface area contributed by atoms with Crippen LogP contribution in [0.2, 0.25) is 0 Å². The molecular formula is C22H25NO6. The third kappa shape index (κ3) is 3.69. The van der Waals surface area contributed by atoms with Gasteiger partial charge in [0.25, 0.3) is 0 Å². The molecule has 1 aromatic carbocycles. The van der Waals surface area contributed by atoms with Crippen LogP contribution < -0.4 is 0 Å². The summed E-state index contributed by atoms with van der Waals surface area (Å²) in [4.78, 5) is 43.1. The summed E-state index contributed by atoms with van der Waals surface area (Å²) in [5.41, 5.74) is 2.14. The molecule has 7 nitrogen and oxygen atoms in total. The fourth-order valence-electron chi connectivity index (χ4n) is 4.35. The topological polar surface area (TPSA) is 102 Å². The average molecular weight is 399 g/mol. The SMILES string of the molecule is CCOC(=O)C1=C(C)N=C2C[C@@H](C)[C@H](C(=O)OC)C(=O)[C@@H]2[C@H]1c1ccc(O)cc1. The summed E-state index contributed by atoms with van der Waals surface area (Å²) in [6.07, 6.45) is 0.457. The monoisotopic (exact) mass is 399 g/mol. The molecule has 1 saturated carbocycles. The number of ketones is 1. The molecule has 29 heavy (non-hydrogen) atoms. The van der Waals surface area contributed by atoms with Gasteiger partial charge in [-0.3, -0.25) is 14.6 Å². The second-order valence-electron chi connectivity index (χ2n) is 7.45. The highest BCUT2D eigenvalue weighted by Gasteiger charge is 2.51. The molecule has 154 valence electrons. The first-order valence-electron chi connectivity index (χ1n) is 9.65. The van der Waals surface area contributed by atoms with Crippen molar-refractivity contribution in [3.05, 3.63) is 41.1 Å². The molecule has 0 spiro atoms. The maximum Gasteiger partial charge on any atom is 0.336 e. The number of benzene rings is 1. The molecule has 0 saturated heterocycles. The van der Waals surface area contributed by atoms with E-state index in [0.717, 1.165) is 0 Å². The van der Waals surface area contributed by atoms with E-state index in [0.29, 0.717) is 29.0 Å². The van der Waals surface area contributed by atoms with Crippen LogP contribution in [-0.4, -0.2) is 42.3 Å². The van der Waals surface area contributed by atoms with Crippen molar-refractivity contribution < 1.29 is 29.0 Å². The number of hydrogen-bond donors (Lipinski definition) is 1. The summed E-state index contributed by atoms with van der Waals surface area (Å²) in [6.45, 7) is 5.45. The van der Waals surface area contributed by atoms with E-state index < -0.39 is 29.7 Å². The van der Waals surface area contributed by atoms with Crippen LogP contribution >= 0.6 is 0 Å². The van der Waals surface area contributed by atoms with Crippen molar-refractivity contribution in [3.8, 4) is 5.75 Å². The second kappa shape index (κ2) is 8.19. The van der Waals surface area contributed by atoms with Gasteiger partial charge in [-0.05, 0) is 43.9 Å². The molecule has 0 amide bonds. The number of phenols is 1. The first kappa shape index (κ1) is 20.8. The summed E-state index contributed by atoms with van der Waals surface area (Å²) in [6, 6.07) is 6.36. The van der Waals surface area contributed by atoms with E-state index in [9.17, 15) is 19.5 Å². The summed E-state index contributed by atoms with van der Waals surface area (Å²) in [5, 5.41) is 9.68. The number of methoxy groups -OCH3 is 1. The smallest absolute Gasteiger partial charge is 0.336 e. The summed E-state index contributed by atoms with van der Waals surface area (Å²) < 4.78 is 10.1. The third-order valence-corrected chi connectivity index (χ3v) is 5.62. The zero-order chi connectivity index (χ0) is 21.3. The number of aromatic hydroxyl groups is 1. The van der Waals surface area contributed by atoms with Gasteiger partial charge in [-0.15, -0.1) is 0 Å². The van der Waals surface area contributed by atoms with E-state index in [2.05, 4.69) is 4.99 Å². The van der Waals surface area contributed by atoms with E-state index >= 15 is 0 Å². The summed E-state index contributed by atoms with van der Waals surface area (Å²) in [7, 11) is 1.26. The van der Waals surface area contributed by atoms with Gasteiger partial charge in [0.15, 0.2) is 5.78 Å². The molecule has 0 radical (unpaired) electrons. The highest BCUT2D eigenvalue weighted by atomic mass is 16.5. The molecule has 1 aliphatic heterocycles. The van der Waals surface area contributed by atoms with E-state index in [1.807, 2.05) is 6.92 Å². The Morgan fingerprint density at radius 1 is 1.21 bits per heavy atom. The maximum absolute atomic E-state index is 13.4. The number of allylic oxidation sites excluding steroid dienone is 1. The molecule has 4 atom stereocenters. The molecule has 3 rings (SSSR count). The Hall–Kier alpha value is -2.96. The Morgan fingerprint density at radius 2 is 1.86 bits per heavy atom. The van der Waals surface area contributed by atoms with E-state index in [1.165, 1.54) is 19.2 Å². The molecule has 0 bridgehead atoms. The van der Waals surface area contributed by atoms with Crippen molar-refractivity contribution in [2.24, 2.45) is 22.7 Å². The second-order valence-corrected chi connectivity index (χ2v) is 7.45. The van der Waals surface area contributed by atoms with Crippen LogP contribution in [0.15, 0.2) is 40.5 Å². The highest BCUT2D eigenvalue weighted by molar-refractivity contribution is 6.17. The van der Waals surface area contributed by atoms with E-state index in [4.69, 9.17) is 9.47 Å². The number of Topliss-reactive ketones (excluding diaryl/α,β-unsaturated/α-hetero) is 1.